The summed E-state index contributed by atoms with van der Waals surface area (Å²) in [4.78, 5) is 24.2. The Bertz CT molecular complexity index is 532. The number of benzene rings is 1. The van der Waals surface area contributed by atoms with Gasteiger partial charge in [-0.2, -0.15) is 0 Å². The average Bonchev–Trinajstić information content (AvgIpc) is 2.35. The van der Waals surface area contributed by atoms with Crippen molar-refractivity contribution in [2.75, 3.05) is 37.9 Å². The summed E-state index contributed by atoms with van der Waals surface area (Å²) in [6, 6.07) is 4.91. The minimum absolute atomic E-state index is 0.101. The third kappa shape index (κ3) is 6.55. The number of hydrogen-bond acceptors (Lipinski definition) is 5. The van der Waals surface area contributed by atoms with E-state index in [4.69, 9.17) is 4.74 Å². The Hall–Kier alpha value is -2.12. The maximum Gasteiger partial charge on any atom is 0.221 e. The molecule has 0 aromatic heterocycles. The van der Waals surface area contributed by atoms with E-state index in [9.17, 15) is 14.7 Å². The predicted octanol–water partition coefficient (Wildman–Crippen LogP) is 0.905. The molecule has 1 unspecified atom stereocenters. The van der Waals surface area contributed by atoms with Crippen LogP contribution in [0.4, 0.5) is 11.4 Å². The second-order valence-electron chi connectivity index (χ2n) is 5.30. The molecule has 7 nitrogen and oxygen atoms in total. The van der Waals surface area contributed by atoms with Gasteiger partial charge in [-0.1, -0.05) is 0 Å². The lowest BCUT2D eigenvalue weighted by Gasteiger charge is -2.18. The molecule has 0 radical (unpaired) electrons. The Morgan fingerprint density at radius 3 is 2.41 bits per heavy atom. The number of carbonyl (C=O) groups is 2. The maximum atomic E-state index is 11.3. The summed E-state index contributed by atoms with van der Waals surface area (Å²) in [5.41, 5.74) is 0.994. The number of carbonyl (C=O) groups excluding carboxylic acids is 2. The number of aliphatic hydroxyl groups excluding tert-OH is 1. The van der Waals surface area contributed by atoms with Crippen molar-refractivity contribution < 1.29 is 19.4 Å². The topological polar surface area (TPSA) is 90.9 Å². The summed E-state index contributed by atoms with van der Waals surface area (Å²) in [6.45, 7) is 3.36. The third-order valence-electron chi connectivity index (χ3n) is 2.62. The standard InChI is InChI=1S/C15H23N3O4/c1-10(19)16-12-5-6-15(14(7-12)17-11(2)20)22-9-13(21)8-18(3)4/h5-7,13,21H,8-9H2,1-4H3,(H,16,19)(H,17,20). The molecule has 0 saturated heterocycles. The van der Waals surface area contributed by atoms with Gasteiger partial charge >= 0.3 is 0 Å². The molecular weight excluding hydrogens is 286 g/mol. The van der Waals surface area contributed by atoms with E-state index < -0.39 is 6.10 Å². The number of aliphatic hydroxyl groups is 1. The number of ether oxygens (including phenoxy) is 1. The van der Waals surface area contributed by atoms with Crippen LogP contribution in [0.3, 0.4) is 0 Å². The van der Waals surface area contributed by atoms with E-state index in [-0.39, 0.29) is 18.4 Å². The Kier molecular flexibility index (Phi) is 6.81. The fourth-order valence-corrected chi connectivity index (χ4v) is 1.88. The number of nitrogens with one attached hydrogen (secondary N) is 2. The van der Waals surface area contributed by atoms with Crippen molar-refractivity contribution in [3.63, 3.8) is 0 Å². The van der Waals surface area contributed by atoms with Gasteiger partial charge in [0.2, 0.25) is 11.8 Å². The molecule has 0 aliphatic carbocycles. The number of likely N-dealkylation sites (N-methyl/N-ethyl adjacent to an activating group) is 1. The van der Waals surface area contributed by atoms with E-state index in [1.807, 2.05) is 19.0 Å². The molecule has 0 spiro atoms. The molecule has 1 aromatic carbocycles. The largest absolute Gasteiger partial charge is 0.489 e. The fraction of sp³-hybridized carbons (Fsp3) is 0.467. The van der Waals surface area contributed by atoms with Crippen LogP contribution in [0.25, 0.3) is 0 Å². The van der Waals surface area contributed by atoms with Crippen molar-refractivity contribution in [3.05, 3.63) is 18.2 Å². The Morgan fingerprint density at radius 1 is 1.23 bits per heavy atom. The zero-order valence-electron chi connectivity index (χ0n) is 13.3. The van der Waals surface area contributed by atoms with Crippen molar-refractivity contribution >= 4 is 23.2 Å². The number of anilines is 2. The lowest BCUT2D eigenvalue weighted by atomic mass is 10.2. The van der Waals surface area contributed by atoms with Gasteiger partial charge in [-0.05, 0) is 32.3 Å². The molecule has 122 valence electrons. The zero-order chi connectivity index (χ0) is 16.7. The first-order valence-corrected chi connectivity index (χ1v) is 6.92. The van der Waals surface area contributed by atoms with Crippen LogP contribution in [0, 0.1) is 0 Å². The van der Waals surface area contributed by atoms with Crippen LogP contribution in [0.5, 0.6) is 5.75 Å². The van der Waals surface area contributed by atoms with Crippen LogP contribution in [0.15, 0.2) is 18.2 Å². The van der Waals surface area contributed by atoms with Crippen LogP contribution in [0.1, 0.15) is 13.8 Å². The molecule has 0 bridgehead atoms. The monoisotopic (exact) mass is 309 g/mol. The summed E-state index contributed by atoms with van der Waals surface area (Å²) >= 11 is 0. The molecule has 7 heteroatoms. The molecule has 1 rings (SSSR count). The van der Waals surface area contributed by atoms with E-state index in [0.29, 0.717) is 23.7 Å². The van der Waals surface area contributed by atoms with Crippen LogP contribution in [-0.4, -0.2) is 55.2 Å². The number of rotatable bonds is 7. The predicted molar refractivity (Wildman–Crippen MR) is 85.1 cm³/mol. The van der Waals surface area contributed by atoms with Gasteiger partial charge in [-0.25, -0.2) is 0 Å². The summed E-state index contributed by atoms with van der Waals surface area (Å²) < 4.78 is 5.56. The summed E-state index contributed by atoms with van der Waals surface area (Å²) in [5.74, 6) is -0.0235. The van der Waals surface area contributed by atoms with Gasteiger partial charge in [0.05, 0.1) is 5.69 Å². The minimum atomic E-state index is -0.643. The molecule has 0 heterocycles. The SMILES string of the molecule is CC(=O)Nc1ccc(OCC(O)CN(C)C)c(NC(C)=O)c1. The normalized spacial score (nSPS) is 11.9. The van der Waals surface area contributed by atoms with Gasteiger partial charge in [-0.3, -0.25) is 9.59 Å². The van der Waals surface area contributed by atoms with Crippen LogP contribution in [-0.2, 0) is 9.59 Å². The zero-order valence-corrected chi connectivity index (χ0v) is 13.3. The van der Waals surface area contributed by atoms with Crippen molar-refractivity contribution in [1.82, 2.24) is 4.90 Å². The van der Waals surface area contributed by atoms with E-state index in [1.54, 1.807) is 18.2 Å². The highest BCUT2D eigenvalue weighted by Gasteiger charge is 2.11. The van der Waals surface area contributed by atoms with Crippen molar-refractivity contribution in [2.45, 2.75) is 20.0 Å². The highest BCUT2D eigenvalue weighted by molar-refractivity contribution is 5.93. The molecule has 0 aliphatic heterocycles. The smallest absolute Gasteiger partial charge is 0.221 e. The Balaban J connectivity index is 2.83. The first-order chi connectivity index (χ1) is 10.3. The Labute approximate surface area is 130 Å². The Morgan fingerprint density at radius 2 is 1.86 bits per heavy atom. The summed E-state index contributed by atoms with van der Waals surface area (Å²) in [7, 11) is 3.71. The lowest BCUT2D eigenvalue weighted by Crippen LogP contribution is -2.30. The lowest BCUT2D eigenvalue weighted by molar-refractivity contribution is -0.115. The molecule has 1 aromatic rings. The van der Waals surface area contributed by atoms with Crippen molar-refractivity contribution in [1.29, 1.82) is 0 Å². The van der Waals surface area contributed by atoms with Gasteiger partial charge in [0.15, 0.2) is 0 Å². The molecule has 0 aliphatic rings. The average molecular weight is 309 g/mol. The third-order valence-corrected chi connectivity index (χ3v) is 2.62. The highest BCUT2D eigenvalue weighted by Crippen LogP contribution is 2.28. The van der Waals surface area contributed by atoms with Crippen molar-refractivity contribution in [2.24, 2.45) is 0 Å². The highest BCUT2D eigenvalue weighted by atomic mass is 16.5. The summed E-state index contributed by atoms with van der Waals surface area (Å²) in [5, 5.41) is 15.1. The molecular formula is C15H23N3O4. The molecule has 0 fully saturated rings. The second-order valence-corrected chi connectivity index (χ2v) is 5.30. The fourth-order valence-electron chi connectivity index (χ4n) is 1.88. The number of amides is 2. The molecule has 22 heavy (non-hydrogen) atoms. The number of hydrogen-bond donors (Lipinski definition) is 3. The molecule has 0 saturated carbocycles. The van der Waals surface area contributed by atoms with Crippen LogP contribution in [0.2, 0.25) is 0 Å². The first-order valence-electron chi connectivity index (χ1n) is 6.92. The van der Waals surface area contributed by atoms with E-state index in [1.165, 1.54) is 13.8 Å². The molecule has 1 atom stereocenters. The van der Waals surface area contributed by atoms with Crippen LogP contribution >= 0.6 is 0 Å². The number of nitrogens with zero attached hydrogens (tertiary/aromatic N) is 1. The maximum absolute atomic E-state index is 11.3. The van der Waals surface area contributed by atoms with Gasteiger partial charge in [0.25, 0.3) is 0 Å². The van der Waals surface area contributed by atoms with Gasteiger partial charge in [0, 0.05) is 26.1 Å². The first kappa shape index (κ1) is 17.9. The van der Waals surface area contributed by atoms with Crippen LogP contribution < -0.4 is 15.4 Å². The van der Waals surface area contributed by atoms with Crippen molar-refractivity contribution in [3.8, 4) is 5.75 Å². The summed E-state index contributed by atoms with van der Waals surface area (Å²) in [6.07, 6.45) is -0.643. The second kappa shape index (κ2) is 8.35. The van der Waals surface area contributed by atoms with Gasteiger partial charge in [-0.15, -0.1) is 0 Å². The van der Waals surface area contributed by atoms with Gasteiger partial charge in [0.1, 0.15) is 18.5 Å². The van der Waals surface area contributed by atoms with Gasteiger partial charge < -0.3 is 25.4 Å². The van der Waals surface area contributed by atoms with E-state index >= 15 is 0 Å². The quantitative estimate of drug-likeness (QED) is 0.696. The van der Waals surface area contributed by atoms with E-state index in [0.717, 1.165) is 0 Å². The minimum Gasteiger partial charge on any atom is -0.489 e. The molecule has 3 N–H and O–H groups in total. The van der Waals surface area contributed by atoms with E-state index in [2.05, 4.69) is 10.6 Å². The molecule has 2 amide bonds.